The van der Waals surface area contributed by atoms with Crippen LogP contribution in [0.2, 0.25) is 0 Å². The number of halogens is 1. The number of aliphatic hydroxyl groups is 1. The fourth-order valence-electron chi connectivity index (χ4n) is 3.87. The third-order valence-electron chi connectivity index (χ3n) is 5.20. The van der Waals surface area contributed by atoms with E-state index >= 15 is 0 Å². The minimum Gasteiger partial charge on any atom is -0.506 e. The SMILES string of the molecule is CC.Fc1ccccc1S.Oc1ccc(C(O)CN2C[C@H]3CCC[C@H]3C2)nc1. The summed E-state index contributed by atoms with van der Waals surface area (Å²) in [5.41, 5.74) is 0.643. The van der Waals surface area contributed by atoms with E-state index in [2.05, 4.69) is 22.5 Å². The van der Waals surface area contributed by atoms with Gasteiger partial charge in [-0.3, -0.25) is 9.88 Å². The van der Waals surface area contributed by atoms with Crippen LogP contribution in [-0.4, -0.2) is 39.7 Å². The van der Waals surface area contributed by atoms with E-state index in [0.717, 1.165) is 24.9 Å². The second kappa shape index (κ2) is 11.4. The number of likely N-dealkylation sites (tertiary alicyclic amines) is 1. The van der Waals surface area contributed by atoms with Crippen LogP contribution in [0.3, 0.4) is 0 Å². The standard InChI is InChI=1S/C14H20N2O2.C6H5FS.C2H6/c17-12-4-5-13(15-6-12)14(18)9-16-7-10-2-1-3-11(10)8-16;7-5-3-1-2-4-6(5)8;1-2/h4-6,10-11,14,17-18H,1-3,7-9H2;1-4,8H;1-2H3/t10-,11+,14?;;. The number of hydrogen-bond donors (Lipinski definition) is 3. The van der Waals surface area contributed by atoms with Crippen molar-refractivity contribution in [2.24, 2.45) is 11.8 Å². The predicted molar refractivity (Wildman–Crippen MR) is 113 cm³/mol. The molecule has 1 aromatic carbocycles. The Bertz CT molecular complexity index is 681. The van der Waals surface area contributed by atoms with Gasteiger partial charge in [0.25, 0.3) is 0 Å². The molecule has 0 radical (unpaired) electrons. The maximum atomic E-state index is 12.2. The van der Waals surface area contributed by atoms with Gasteiger partial charge in [-0.15, -0.1) is 12.6 Å². The Labute approximate surface area is 172 Å². The molecule has 28 heavy (non-hydrogen) atoms. The molecule has 1 aliphatic heterocycles. The number of rotatable bonds is 3. The molecule has 4 nitrogen and oxygen atoms in total. The average molecular weight is 407 g/mol. The number of hydrogen-bond acceptors (Lipinski definition) is 5. The summed E-state index contributed by atoms with van der Waals surface area (Å²) >= 11 is 3.82. The van der Waals surface area contributed by atoms with Gasteiger partial charge in [-0.05, 0) is 48.9 Å². The molecule has 0 bridgehead atoms. The zero-order chi connectivity index (χ0) is 20.5. The lowest BCUT2D eigenvalue weighted by Crippen LogP contribution is -2.27. The van der Waals surface area contributed by atoms with Crippen LogP contribution in [-0.2, 0) is 0 Å². The zero-order valence-electron chi connectivity index (χ0n) is 16.6. The highest BCUT2D eigenvalue weighted by molar-refractivity contribution is 7.80. The van der Waals surface area contributed by atoms with Crippen molar-refractivity contribution < 1.29 is 14.6 Å². The van der Waals surface area contributed by atoms with E-state index in [9.17, 15) is 14.6 Å². The Hall–Kier alpha value is -1.63. The molecular formula is C22H31FN2O2S. The van der Waals surface area contributed by atoms with Gasteiger partial charge in [0.15, 0.2) is 0 Å². The van der Waals surface area contributed by atoms with Gasteiger partial charge in [0.1, 0.15) is 17.7 Å². The van der Waals surface area contributed by atoms with E-state index in [1.807, 2.05) is 13.8 Å². The highest BCUT2D eigenvalue weighted by atomic mass is 32.1. The van der Waals surface area contributed by atoms with E-state index in [-0.39, 0.29) is 11.6 Å². The third kappa shape index (κ3) is 6.47. The summed E-state index contributed by atoms with van der Waals surface area (Å²) in [4.78, 5) is 6.82. The van der Waals surface area contributed by atoms with Crippen molar-refractivity contribution in [1.29, 1.82) is 0 Å². The molecule has 6 heteroatoms. The van der Waals surface area contributed by atoms with Crippen LogP contribution in [0.25, 0.3) is 0 Å². The molecule has 0 amide bonds. The molecule has 1 saturated heterocycles. The summed E-state index contributed by atoms with van der Waals surface area (Å²) in [6.45, 7) is 6.91. The molecule has 2 heterocycles. The fraction of sp³-hybridized carbons (Fsp3) is 0.500. The Morgan fingerprint density at radius 2 is 1.79 bits per heavy atom. The molecule has 2 aromatic rings. The number of aliphatic hydroxyl groups excluding tert-OH is 1. The van der Waals surface area contributed by atoms with Crippen LogP contribution >= 0.6 is 12.6 Å². The highest BCUT2D eigenvalue weighted by Crippen LogP contribution is 2.38. The number of nitrogens with zero attached hydrogens (tertiary/aromatic N) is 2. The van der Waals surface area contributed by atoms with Gasteiger partial charge >= 0.3 is 0 Å². The van der Waals surface area contributed by atoms with Crippen molar-refractivity contribution in [3.05, 3.63) is 54.1 Å². The lowest BCUT2D eigenvalue weighted by atomic mass is 10.0. The van der Waals surface area contributed by atoms with Crippen LogP contribution in [0.15, 0.2) is 47.5 Å². The first-order valence-electron chi connectivity index (χ1n) is 10.0. The lowest BCUT2D eigenvalue weighted by Gasteiger charge is -2.20. The first-order valence-corrected chi connectivity index (χ1v) is 10.5. The largest absolute Gasteiger partial charge is 0.506 e. The van der Waals surface area contributed by atoms with E-state index in [4.69, 9.17) is 0 Å². The molecule has 4 rings (SSSR count). The van der Waals surface area contributed by atoms with Gasteiger partial charge in [-0.2, -0.15) is 0 Å². The van der Waals surface area contributed by atoms with Crippen molar-refractivity contribution in [2.45, 2.75) is 44.1 Å². The molecular weight excluding hydrogens is 375 g/mol. The molecule has 3 atom stereocenters. The van der Waals surface area contributed by atoms with Crippen LogP contribution in [0.1, 0.15) is 44.9 Å². The van der Waals surface area contributed by atoms with Crippen molar-refractivity contribution >= 4 is 12.6 Å². The van der Waals surface area contributed by atoms with Crippen LogP contribution < -0.4 is 0 Å². The Balaban J connectivity index is 0.000000236. The number of aromatic nitrogens is 1. The number of β-amino-alcohol motifs (C(OH)–C–C–N with tert-alkyl or cyclic N) is 1. The Morgan fingerprint density at radius 3 is 2.29 bits per heavy atom. The van der Waals surface area contributed by atoms with Crippen LogP contribution in [0.5, 0.6) is 5.75 Å². The molecule has 2 fully saturated rings. The van der Waals surface area contributed by atoms with Gasteiger partial charge in [-0.1, -0.05) is 32.4 Å². The summed E-state index contributed by atoms with van der Waals surface area (Å²) in [7, 11) is 0. The number of fused-ring (bicyclic) bond motifs is 1. The van der Waals surface area contributed by atoms with E-state index < -0.39 is 6.10 Å². The third-order valence-corrected chi connectivity index (χ3v) is 5.56. The van der Waals surface area contributed by atoms with Gasteiger partial charge in [0.05, 0.1) is 11.9 Å². The summed E-state index contributed by atoms with van der Waals surface area (Å²) in [6.07, 6.45) is 4.93. The van der Waals surface area contributed by atoms with Gasteiger partial charge in [-0.25, -0.2) is 4.39 Å². The predicted octanol–water partition coefficient (Wildman–Crippen LogP) is 4.69. The first kappa shape index (κ1) is 22.7. The molecule has 1 aromatic heterocycles. The van der Waals surface area contributed by atoms with E-state index in [1.54, 1.807) is 30.3 Å². The summed E-state index contributed by atoms with van der Waals surface area (Å²) in [5, 5.41) is 19.3. The van der Waals surface area contributed by atoms with E-state index in [1.165, 1.54) is 31.5 Å². The Morgan fingerprint density at radius 1 is 1.14 bits per heavy atom. The summed E-state index contributed by atoms with van der Waals surface area (Å²) in [5.74, 6) is 1.58. The van der Waals surface area contributed by atoms with Crippen molar-refractivity contribution in [3.63, 3.8) is 0 Å². The maximum absolute atomic E-state index is 12.2. The van der Waals surface area contributed by atoms with Crippen LogP contribution in [0, 0.1) is 17.7 Å². The van der Waals surface area contributed by atoms with Gasteiger partial charge < -0.3 is 10.2 Å². The summed E-state index contributed by atoms with van der Waals surface area (Å²) in [6, 6.07) is 9.63. The monoisotopic (exact) mass is 406 g/mol. The molecule has 2 aliphatic rings. The molecule has 1 saturated carbocycles. The quantitative estimate of drug-likeness (QED) is 0.647. The number of benzene rings is 1. The smallest absolute Gasteiger partial charge is 0.136 e. The number of aromatic hydroxyl groups is 1. The highest BCUT2D eigenvalue weighted by Gasteiger charge is 2.36. The van der Waals surface area contributed by atoms with Crippen molar-refractivity contribution in [3.8, 4) is 5.75 Å². The Kier molecular flexibility index (Phi) is 9.22. The van der Waals surface area contributed by atoms with Gasteiger partial charge in [0, 0.05) is 24.5 Å². The molecule has 154 valence electrons. The van der Waals surface area contributed by atoms with Gasteiger partial charge in [0.2, 0.25) is 0 Å². The second-order valence-electron chi connectivity index (χ2n) is 7.08. The average Bonchev–Trinajstić information content (AvgIpc) is 3.28. The second-order valence-corrected chi connectivity index (χ2v) is 7.56. The first-order chi connectivity index (χ1) is 13.5. The molecule has 1 unspecified atom stereocenters. The minimum atomic E-state index is -0.551. The lowest BCUT2D eigenvalue weighted by molar-refractivity contribution is 0.118. The van der Waals surface area contributed by atoms with Crippen molar-refractivity contribution in [2.75, 3.05) is 19.6 Å². The van der Waals surface area contributed by atoms with Crippen LogP contribution in [0.4, 0.5) is 4.39 Å². The maximum Gasteiger partial charge on any atom is 0.136 e. The van der Waals surface area contributed by atoms with Crippen molar-refractivity contribution in [1.82, 2.24) is 9.88 Å². The molecule has 1 aliphatic carbocycles. The fourth-order valence-corrected chi connectivity index (χ4v) is 4.03. The topological polar surface area (TPSA) is 56.6 Å². The minimum absolute atomic E-state index is 0.140. The number of pyridine rings is 1. The molecule has 0 spiro atoms. The summed E-state index contributed by atoms with van der Waals surface area (Å²) < 4.78 is 12.2. The van der Waals surface area contributed by atoms with E-state index in [0.29, 0.717) is 17.1 Å². The zero-order valence-corrected chi connectivity index (χ0v) is 17.5. The normalized spacial score (nSPS) is 21.8. The number of thiol groups is 1. The molecule has 2 N–H and O–H groups in total.